The van der Waals surface area contributed by atoms with Gasteiger partial charge in [0, 0.05) is 17.5 Å². The first-order chi connectivity index (χ1) is 8.04. The van der Waals surface area contributed by atoms with Crippen LogP contribution in [0.2, 0.25) is 0 Å². The maximum Gasteiger partial charge on any atom is 0.169 e. The molecule has 1 heterocycles. The number of carbonyl (C=O) groups excluding carboxylic acids is 1. The first-order valence-electron chi connectivity index (χ1n) is 5.67. The molecule has 2 N–H and O–H groups in total. The van der Waals surface area contributed by atoms with Gasteiger partial charge in [0.15, 0.2) is 5.78 Å². The number of hydrogen-bond donors (Lipinski definition) is 2. The average Bonchev–Trinajstić information content (AvgIpc) is 2.74. The number of ketones is 1. The highest BCUT2D eigenvalue weighted by atomic mass is 16.1. The van der Waals surface area contributed by atoms with Crippen LogP contribution in [0.5, 0.6) is 0 Å². The highest BCUT2D eigenvalue weighted by molar-refractivity contribution is 6.02. The summed E-state index contributed by atoms with van der Waals surface area (Å²) in [7, 11) is 1.85. The van der Waals surface area contributed by atoms with Gasteiger partial charge in [-0.25, -0.2) is 4.98 Å². The molecule has 0 saturated heterocycles. The highest BCUT2D eigenvalue weighted by Crippen LogP contribution is 2.22. The van der Waals surface area contributed by atoms with Crippen molar-refractivity contribution in [1.82, 2.24) is 15.3 Å². The van der Waals surface area contributed by atoms with Gasteiger partial charge in [0.05, 0.1) is 17.4 Å². The number of hydrogen-bond acceptors (Lipinski definition) is 3. The number of aromatic amines is 1. The standard InChI is InChI=1S/C13H17N3O/c1-13(2,7-14-3)12(17)9-4-5-10-11(6-9)16-8-15-10/h4-6,8,14H,7H2,1-3H3,(H,15,16). The number of nitrogens with zero attached hydrogens (tertiary/aromatic N) is 1. The molecule has 17 heavy (non-hydrogen) atoms. The van der Waals surface area contributed by atoms with E-state index in [4.69, 9.17) is 0 Å². The van der Waals surface area contributed by atoms with E-state index in [2.05, 4.69) is 15.3 Å². The molecule has 2 rings (SSSR count). The Balaban J connectivity index is 2.35. The average molecular weight is 231 g/mol. The van der Waals surface area contributed by atoms with E-state index in [1.165, 1.54) is 0 Å². The Bertz CT molecular complexity index is 542. The molecule has 0 unspecified atom stereocenters. The van der Waals surface area contributed by atoms with E-state index in [0.29, 0.717) is 6.54 Å². The zero-order valence-corrected chi connectivity index (χ0v) is 10.4. The van der Waals surface area contributed by atoms with Gasteiger partial charge in [-0.15, -0.1) is 0 Å². The van der Waals surface area contributed by atoms with Crippen LogP contribution >= 0.6 is 0 Å². The van der Waals surface area contributed by atoms with Crippen LogP contribution in [0, 0.1) is 5.41 Å². The Labute approximate surface area is 100 Å². The summed E-state index contributed by atoms with van der Waals surface area (Å²) < 4.78 is 0. The van der Waals surface area contributed by atoms with E-state index in [9.17, 15) is 4.79 Å². The first kappa shape index (κ1) is 11.8. The topological polar surface area (TPSA) is 57.8 Å². The van der Waals surface area contributed by atoms with Crippen molar-refractivity contribution < 1.29 is 4.79 Å². The third kappa shape index (κ3) is 2.22. The second-order valence-electron chi connectivity index (χ2n) is 4.88. The van der Waals surface area contributed by atoms with Crippen molar-refractivity contribution in [3.8, 4) is 0 Å². The second-order valence-corrected chi connectivity index (χ2v) is 4.88. The molecule has 0 fully saturated rings. The summed E-state index contributed by atoms with van der Waals surface area (Å²) in [5.74, 6) is 0.142. The van der Waals surface area contributed by atoms with Gasteiger partial charge < -0.3 is 10.3 Å². The molecule has 0 bridgehead atoms. The lowest BCUT2D eigenvalue weighted by atomic mass is 9.84. The molecule has 2 aromatic rings. The van der Waals surface area contributed by atoms with Crippen molar-refractivity contribution >= 4 is 16.8 Å². The maximum atomic E-state index is 12.3. The summed E-state index contributed by atoms with van der Waals surface area (Å²) in [4.78, 5) is 19.5. The minimum absolute atomic E-state index is 0.142. The Morgan fingerprint density at radius 2 is 2.24 bits per heavy atom. The Kier molecular flexibility index (Phi) is 2.98. The molecule has 0 spiro atoms. The number of aromatic nitrogens is 2. The quantitative estimate of drug-likeness (QED) is 0.791. The third-order valence-electron chi connectivity index (χ3n) is 2.92. The van der Waals surface area contributed by atoms with Crippen LogP contribution in [-0.2, 0) is 0 Å². The van der Waals surface area contributed by atoms with E-state index < -0.39 is 5.41 Å². The fourth-order valence-corrected chi connectivity index (χ4v) is 1.99. The number of nitrogens with one attached hydrogen (secondary N) is 2. The molecule has 1 aromatic carbocycles. The lowest BCUT2D eigenvalue weighted by Gasteiger charge is -2.22. The summed E-state index contributed by atoms with van der Waals surface area (Å²) in [5, 5.41) is 3.05. The highest BCUT2D eigenvalue weighted by Gasteiger charge is 2.27. The molecule has 1 aromatic heterocycles. The van der Waals surface area contributed by atoms with Crippen LogP contribution in [0.15, 0.2) is 24.5 Å². The maximum absolute atomic E-state index is 12.3. The number of imidazole rings is 1. The van der Waals surface area contributed by atoms with Crippen molar-refractivity contribution in [3.05, 3.63) is 30.1 Å². The predicted molar refractivity (Wildman–Crippen MR) is 68.1 cm³/mol. The van der Waals surface area contributed by atoms with Gasteiger partial charge in [-0.2, -0.15) is 0 Å². The van der Waals surface area contributed by atoms with Crippen LogP contribution in [0.3, 0.4) is 0 Å². The minimum Gasteiger partial charge on any atom is -0.345 e. The van der Waals surface area contributed by atoms with Crippen molar-refractivity contribution in [1.29, 1.82) is 0 Å². The number of carbonyl (C=O) groups is 1. The summed E-state index contributed by atoms with van der Waals surface area (Å²) in [6, 6.07) is 5.57. The number of Topliss-reactive ketones (excluding diaryl/α,β-unsaturated/α-hetero) is 1. The SMILES string of the molecule is CNCC(C)(C)C(=O)c1ccc2nc[nH]c2c1. The number of benzene rings is 1. The molecular weight excluding hydrogens is 214 g/mol. The van der Waals surface area contributed by atoms with Crippen LogP contribution in [0.4, 0.5) is 0 Å². The molecule has 0 aliphatic heterocycles. The number of fused-ring (bicyclic) bond motifs is 1. The largest absolute Gasteiger partial charge is 0.345 e. The van der Waals surface area contributed by atoms with Crippen molar-refractivity contribution in [2.75, 3.05) is 13.6 Å². The molecule has 0 amide bonds. The molecule has 0 aliphatic rings. The van der Waals surface area contributed by atoms with Crippen LogP contribution in [-0.4, -0.2) is 29.3 Å². The van der Waals surface area contributed by atoms with Gasteiger partial charge in [-0.05, 0) is 25.2 Å². The molecule has 4 nitrogen and oxygen atoms in total. The van der Waals surface area contributed by atoms with Crippen LogP contribution in [0.25, 0.3) is 11.0 Å². The summed E-state index contributed by atoms with van der Waals surface area (Å²) >= 11 is 0. The molecule has 0 saturated carbocycles. The Hall–Kier alpha value is -1.68. The second kappa shape index (κ2) is 4.30. The summed E-state index contributed by atoms with van der Waals surface area (Å²) in [6.07, 6.45) is 1.64. The van der Waals surface area contributed by atoms with Gasteiger partial charge in [0.25, 0.3) is 0 Å². The summed E-state index contributed by atoms with van der Waals surface area (Å²) in [6.45, 7) is 4.55. The summed E-state index contributed by atoms with van der Waals surface area (Å²) in [5.41, 5.74) is 2.11. The zero-order valence-electron chi connectivity index (χ0n) is 10.4. The fourth-order valence-electron chi connectivity index (χ4n) is 1.99. The normalized spacial score (nSPS) is 11.9. The smallest absolute Gasteiger partial charge is 0.169 e. The molecule has 90 valence electrons. The molecular formula is C13H17N3O. The molecule has 0 radical (unpaired) electrons. The number of H-pyrrole nitrogens is 1. The zero-order chi connectivity index (χ0) is 12.5. The van der Waals surface area contributed by atoms with Gasteiger partial charge in [0.1, 0.15) is 0 Å². The Morgan fingerprint density at radius 3 is 2.94 bits per heavy atom. The Morgan fingerprint density at radius 1 is 1.47 bits per heavy atom. The molecule has 4 heteroatoms. The number of rotatable bonds is 4. The third-order valence-corrected chi connectivity index (χ3v) is 2.92. The first-order valence-corrected chi connectivity index (χ1v) is 5.67. The van der Waals surface area contributed by atoms with Crippen LogP contribution in [0.1, 0.15) is 24.2 Å². The fraction of sp³-hybridized carbons (Fsp3) is 0.385. The van der Waals surface area contributed by atoms with Crippen molar-refractivity contribution in [2.45, 2.75) is 13.8 Å². The van der Waals surface area contributed by atoms with E-state index in [1.807, 2.05) is 39.1 Å². The van der Waals surface area contributed by atoms with E-state index >= 15 is 0 Å². The van der Waals surface area contributed by atoms with Crippen LogP contribution < -0.4 is 5.32 Å². The van der Waals surface area contributed by atoms with Gasteiger partial charge in [-0.1, -0.05) is 13.8 Å². The van der Waals surface area contributed by atoms with E-state index in [1.54, 1.807) is 6.33 Å². The minimum atomic E-state index is -0.400. The molecule has 0 atom stereocenters. The lowest BCUT2D eigenvalue weighted by molar-refractivity contribution is 0.0839. The van der Waals surface area contributed by atoms with Crippen molar-refractivity contribution in [3.63, 3.8) is 0 Å². The lowest BCUT2D eigenvalue weighted by Crippen LogP contribution is -2.34. The van der Waals surface area contributed by atoms with E-state index in [-0.39, 0.29) is 5.78 Å². The predicted octanol–water partition coefficient (Wildman–Crippen LogP) is 1.99. The monoisotopic (exact) mass is 231 g/mol. The van der Waals surface area contributed by atoms with Gasteiger partial charge in [-0.3, -0.25) is 4.79 Å². The van der Waals surface area contributed by atoms with Crippen molar-refractivity contribution in [2.24, 2.45) is 5.41 Å². The molecule has 0 aliphatic carbocycles. The van der Waals surface area contributed by atoms with E-state index in [0.717, 1.165) is 16.6 Å². The van der Waals surface area contributed by atoms with Gasteiger partial charge in [0.2, 0.25) is 0 Å². The van der Waals surface area contributed by atoms with Gasteiger partial charge >= 0.3 is 0 Å².